The van der Waals surface area contributed by atoms with E-state index in [1.165, 1.54) is 154 Å². The molecule has 0 aromatic carbocycles. The lowest BCUT2D eigenvalue weighted by atomic mass is 10.0. The number of allylic oxidation sites excluding steroid dienone is 5. The van der Waals surface area contributed by atoms with Gasteiger partial charge < -0.3 is 20.3 Å². The molecular weight excluding hydrogens is 707 g/mol. The summed E-state index contributed by atoms with van der Waals surface area (Å²) in [4.78, 5) is 24.4. The van der Waals surface area contributed by atoms with Crippen molar-refractivity contribution < 1.29 is 24.5 Å². The number of unbranched alkanes of at least 4 members (excludes halogenated alkanes) is 30. The first-order valence-corrected chi connectivity index (χ1v) is 24.8. The number of aliphatic hydroxyl groups is 2. The van der Waals surface area contributed by atoms with Crippen LogP contribution in [0.2, 0.25) is 0 Å². The second-order valence-corrected chi connectivity index (χ2v) is 16.8. The fourth-order valence-electron chi connectivity index (χ4n) is 7.31. The number of carbonyl (C=O) groups excluding carboxylic acids is 2. The zero-order chi connectivity index (χ0) is 41.5. The Kier molecular flexibility index (Phi) is 45.2. The number of esters is 1. The molecule has 0 aliphatic carbocycles. The third kappa shape index (κ3) is 43.5. The molecule has 0 fully saturated rings. The molecule has 0 bridgehead atoms. The molecule has 0 aliphatic heterocycles. The van der Waals surface area contributed by atoms with Gasteiger partial charge in [-0.15, -0.1) is 0 Å². The van der Waals surface area contributed by atoms with Crippen LogP contribution in [-0.2, 0) is 14.3 Å². The molecule has 0 radical (unpaired) electrons. The molecule has 0 aromatic heterocycles. The van der Waals surface area contributed by atoms with E-state index in [1.54, 1.807) is 6.08 Å². The second kappa shape index (κ2) is 46.8. The molecule has 3 N–H and O–H groups in total. The summed E-state index contributed by atoms with van der Waals surface area (Å²) in [6.45, 7) is 4.82. The second-order valence-electron chi connectivity index (χ2n) is 16.8. The van der Waals surface area contributed by atoms with E-state index in [2.05, 4.69) is 43.5 Å². The summed E-state index contributed by atoms with van der Waals surface area (Å²) in [6.07, 6.45) is 55.6. The molecule has 0 rings (SSSR count). The molecule has 2 atom stereocenters. The van der Waals surface area contributed by atoms with Crippen LogP contribution >= 0.6 is 0 Å². The largest absolute Gasteiger partial charge is 0.466 e. The Bertz CT molecular complexity index is 931. The minimum atomic E-state index is -0.852. The summed E-state index contributed by atoms with van der Waals surface area (Å²) >= 11 is 0. The number of aliphatic hydroxyl groups excluding tert-OH is 2. The maximum absolute atomic E-state index is 12.4. The van der Waals surface area contributed by atoms with Crippen molar-refractivity contribution in [1.29, 1.82) is 0 Å². The molecule has 0 heterocycles. The van der Waals surface area contributed by atoms with E-state index in [-0.39, 0.29) is 18.5 Å². The zero-order valence-electron chi connectivity index (χ0n) is 37.8. The van der Waals surface area contributed by atoms with Crippen LogP contribution in [0, 0.1) is 0 Å². The predicted molar refractivity (Wildman–Crippen MR) is 246 cm³/mol. The van der Waals surface area contributed by atoms with Gasteiger partial charge in [-0.3, -0.25) is 9.59 Å². The molecule has 0 aliphatic rings. The van der Waals surface area contributed by atoms with E-state index in [9.17, 15) is 19.8 Å². The molecule has 0 spiro atoms. The van der Waals surface area contributed by atoms with Crippen LogP contribution in [-0.4, -0.2) is 47.4 Å². The van der Waals surface area contributed by atoms with Crippen molar-refractivity contribution in [2.45, 2.75) is 264 Å². The van der Waals surface area contributed by atoms with Crippen LogP contribution in [0.3, 0.4) is 0 Å². The summed E-state index contributed by atoms with van der Waals surface area (Å²) in [5.74, 6) is -0.105. The number of amides is 1. The van der Waals surface area contributed by atoms with Crippen molar-refractivity contribution in [1.82, 2.24) is 5.32 Å². The molecular formula is C51H95NO5. The highest BCUT2D eigenvalue weighted by Gasteiger charge is 2.18. The van der Waals surface area contributed by atoms with Crippen LogP contribution < -0.4 is 5.32 Å². The summed E-state index contributed by atoms with van der Waals surface area (Å²) < 4.78 is 5.45. The zero-order valence-corrected chi connectivity index (χ0v) is 37.8. The maximum Gasteiger partial charge on any atom is 0.305 e. The molecule has 1 amide bonds. The lowest BCUT2D eigenvalue weighted by Crippen LogP contribution is -2.45. The number of ether oxygens (including phenoxy) is 1. The van der Waals surface area contributed by atoms with Gasteiger partial charge in [0.15, 0.2) is 0 Å². The third-order valence-electron chi connectivity index (χ3n) is 11.2. The monoisotopic (exact) mass is 802 g/mol. The lowest BCUT2D eigenvalue weighted by Gasteiger charge is -2.20. The van der Waals surface area contributed by atoms with E-state index < -0.39 is 12.1 Å². The highest BCUT2D eigenvalue weighted by molar-refractivity contribution is 5.76. The van der Waals surface area contributed by atoms with Crippen LogP contribution in [0.4, 0.5) is 0 Å². The van der Waals surface area contributed by atoms with Crippen molar-refractivity contribution in [3.63, 3.8) is 0 Å². The molecule has 2 unspecified atom stereocenters. The molecule has 0 aromatic rings. The molecule has 0 saturated carbocycles. The number of hydrogen-bond donors (Lipinski definition) is 3. The van der Waals surface area contributed by atoms with Crippen molar-refractivity contribution >= 4 is 11.9 Å². The Balaban J connectivity index is 3.49. The van der Waals surface area contributed by atoms with Crippen LogP contribution in [0.25, 0.3) is 0 Å². The Labute approximate surface area is 353 Å². The van der Waals surface area contributed by atoms with E-state index in [0.29, 0.717) is 19.4 Å². The molecule has 0 saturated heterocycles. The van der Waals surface area contributed by atoms with Gasteiger partial charge in [0.05, 0.1) is 25.4 Å². The highest BCUT2D eigenvalue weighted by atomic mass is 16.5. The first kappa shape index (κ1) is 55.1. The van der Waals surface area contributed by atoms with E-state index in [4.69, 9.17) is 4.74 Å². The van der Waals surface area contributed by atoms with Gasteiger partial charge in [-0.05, 0) is 64.2 Å². The molecule has 57 heavy (non-hydrogen) atoms. The summed E-state index contributed by atoms with van der Waals surface area (Å²) in [5.41, 5.74) is 0. The van der Waals surface area contributed by atoms with Gasteiger partial charge in [-0.2, -0.15) is 0 Å². The quantitative estimate of drug-likeness (QED) is 0.0324. The van der Waals surface area contributed by atoms with Crippen molar-refractivity contribution in [2.24, 2.45) is 0 Å². The van der Waals surface area contributed by atoms with Gasteiger partial charge in [0, 0.05) is 12.8 Å². The molecule has 6 nitrogen and oxygen atoms in total. The van der Waals surface area contributed by atoms with Crippen LogP contribution in [0.1, 0.15) is 251 Å². The predicted octanol–water partition coefficient (Wildman–Crippen LogP) is 14.5. The summed E-state index contributed by atoms with van der Waals surface area (Å²) in [6, 6.07) is -0.637. The smallest absolute Gasteiger partial charge is 0.305 e. The first-order valence-electron chi connectivity index (χ1n) is 24.8. The minimum absolute atomic E-state index is 0.0217. The summed E-state index contributed by atoms with van der Waals surface area (Å²) in [5, 5.41) is 23.0. The van der Waals surface area contributed by atoms with Gasteiger partial charge in [-0.25, -0.2) is 0 Å². The number of carbonyl (C=O) groups is 2. The topological polar surface area (TPSA) is 95.9 Å². The van der Waals surface area contributed by atoms with Crippen molar-refractivity contribution in [3.8, 4) is 0 Å². The van der Waals surface area contributed by atoms with Gasteiger partial charge in [0.2, 0.25) is 5.91 Å². The van der Waals surface area contributed by atoms with Gasteiger partial charge in [0.1, 0.15) is 0 Å². The average molecular weight is 802 g/mol. The Morgan fingerprint density at radius 3 is 1.37 bits per heavy atom. The van der Waals surface area contributed by atoms with E-state index >= 15 is 0 Å². The number of nitrogens with one attached hydrogen (secondary N) is 1. The fourth-order valence-corrected chi connectivity index (χ4v) is 7.31. The van der Waals surface area contributed by atoms with E-state index in [1.807, 2.05) is 6.08 Å². The molecule has 6 heteroatoms. The molecule has 334 valence electrons. The van der Waals surface area contributed by atoms with E-state index in [0.717, 1.165) is 70.6 Å². The van der Waals surface area contributed by atoms with Gasteiger partial charge in [0.25, 0.3) is 0 Å². The fraction of sp³-hybridized carbons (Fsp3) is 0.843. The van der Waals surface area contributed by atoms with Crippen LogP contribution in [0.15, 0.2) is 36.5 Å². The Morgan fingerprint density at radius 1 is 0.491 bits per heavy atom. The number of rotatable bonds is 45. The highest BCUT2D eigenvalue weighted by Crippen LogP contribution is 2.15. The Hall–Kier alpha value is -1.92. The Morgan fingerprint density at radius 2 is 0.877 bits per heavy atom. The van der Waals surface area contributed by atoms with Crippen molar-refractivity contribution in [3.05, 3.63) is 36.5 Å². The normalized spacial score (nSPS) is 13.0. The first-order chi connectivity index (χ1) is 28.0. The maximum atomic E-state index is 12.4. The standard InChI is InChI=1S/C51H95NO5/c1-3-5-7-9-11-13-15-17-18-21-25-29-33-37-41-45-51(56)57-46-42-38-34-30-26-22-19-20-24-28-32-36-40-44-50(55)52-48(47-53)49(54)43-39-35-31-27-23-16-14-12-10-8-6-4-2/h11,13,17-18,39,43,48-49,53-54H,3-10,12,14-16,19-38,40-42,44-47H2,1-2H3,(H,52,55)/b13-11-,18-17-,43-39+. The lowest BCUT2D eigenvalue weighted by molar-refractivity contribution is -0.143. The number of hydrogen-bond acceptors (Lipinski definition) is 5. The SMILES string of the molecule is CCCCC/C=C\C/C=C\CCCCCCCC(=O)OCCCCCCCCCCCCCCCC(=O)NC(CO)C(O)/C=C/CCCCCCCCCCCC. The van der Waals surface area contributed by atoms with Crippen LogP contribution in [0.5, 0.6) is 0 Å². The third-order valence-corrected chi connectivity index (χ3v) is 11.2. The minimum Gasteiger partial charge on any atom is -0.466 e. The summed E-state index contributed by atoms with van der Waals surface area (Å²) in [7, 11) is 0. The van der Waals surface area contributed by atoms with Crippen molar-refractivity contribution in [2.75, 3.05) is 13.2 Å². The van der Waals surface area contributed by atoms with Gasteiger partial charge in [-0.1, -0.05) is 211 Å². The van der Waals surface area contributed by atoms with Gasteiger partial charge >= 0.3 is 5.97 Å². The average Bonchev–Trinajstić information content (AvgIpc) is 3.21.